The van der Waals surface area contributed by atoms with E-state index in [1.165, 1.54) is 6.07 Å². The highest BCUT2D eigenvalue weighted by Gasteiger charge is 2.34. The Morgan fingerprint density at radius 2 is 1.86 bits per heavy atom. The van der Waals surface area contributed by atoms with Crippen LogP contribution in [0.2, 0.25) is 0 Å². The quantitative estimate of drug-likeness (QED) is 0.351. The van der Waals surface area contributed by atoms with Crippen molar-refractivity contribution in [3.8, 4) is 17.2 Å². The van der Waals surface area contributed by atoms with Crippen molar-refractivity contribution < 1.29 is 14.0 Å². The minimum atomic E-state index is -0.682. The number of urea groups is 1. The van der Waals surface area contributed by atoms with Crippen molar-refractivity contribution in [3.63, 3.8) is 0 Å². The second-order valence-corrected chi connectivity index (χ2v) is 12.4. The average Bonchev–Trinajstić information content (AvgIpc) is 3.87. The smallest absolute Gasteiger partial charge is 0.318 e. The van der Waals surface area contributed by atoms with Crippen molar-refractivity contribution in [1.29, 1.82) is 0 Å². The summed E-state index contributed by atoms with van der Waals surface area (Å²) < 4.78 is 19.5. The molecule has 216 valence electrons. The molecule has 3 aliphatic rings. The first-order valence-electron chi connectivity index (χ1n) is 14.3. The number of fused-ring (bicyclic) bond motifs is 3. The number of benzene rings is 1. The minimum absolute atomic E-state index is 0.123. The summed E-state index contributed by atoms with van der Waals surface area (Å²) in [4.78, 5) is 37.6. The zero-order valence-corrected chi connectivity index (χ0v) is 23.8. The minimum Gasteiger partial charge on any atom is -0.333 e. The van der Waals surface area contributed by atoms with Gasteiger partial charge in [-0.15, -0.1) is 10.2 Å². The second-order valence-electron chi connectivity index (χ2n) is 12.4. The van der Waals surface area contributed by atoms with Crippen LogP contribution in [0.4, 0.5) is 15.0 Å². The maximum Gasteiger partial charge on any atom is 0.318 e. The van der Waals surface area contributed by atoms with Crippen molar-refractivity contribution in [2.45, 2.75) is 77.0 Å². The van der Waals surface area contributed by atoms with Gasteiger partial charge in [-0.05, 0) is 76.3 Å². The molecule has 0 saturated heterocycles. The SMILES string of the molecule is CC(C)(C)NC(=O)N1Cc2cc(F)c(C(=O)Nc3cccc(-c4nncn4C4CC4)n3)cc2-n2cnc(C3CC3)c2C1. The van der Waals surface area contributed by atoms with Crippen molar-refractivity contribution in [1.82, 2.24) is 39.5 Å². The topological polar surface area (TPSA) is 123 Å². The molecule has 2 saturated carbocycles. The van der Waals surface area contributed by atoms with Crippen molar-refractivity contribution >= 4 is 17.8 Å². The van der Waals surface area contributed by atoms with E-state index in [2.05, 4.69) is 30.8 Å². The van der Waals surface area contributed by atoms with E-state index in [0.29, 0.717) is 41.3 Å². The molecule has 2 fully saturated rings. The van der Waals surface area contributed by atoms with E-state index in [9.17, 15) is 9.59 Å². The Labute approximate surface area is 242 Å². The van der Waals surface area contributed by atoms with Gasteiger partial charge in [0, 0.05) is 24.0 Å². The predicted molar refractivity (Wildman–Crippen MR) is 153 cm³/mol. The fraction of sp³-hybridized carbons (Fsp3) is 0.400. The number of hydrogen-bond donors (Lipinski definition) is 2. The van der Waals surface area contributed by atoms with Crippen LogP contribution in [0.15, 0.2) is 43.0 Å². The molecule has 2 N–H and O–H groups in total. The summed E-state index contributed by atoms with van der Waals surface area (Å²) in [5.74, 6) is -0.0505. The number of nitrogens with one attached hydrogen (secondary N) is 2. The number of anilines is 1. The molecule has 11 nitrogen and oxygen atoms in total. The average molecular weight is 570 g/mol. The molecule has 0 bridgehead atoms. The zero-order valence-electron chi connectivity index (χ0n) is 23.8. The zero-order chi connectivity index (χ0) is 29.2. The van der Waals surface area contributed by atoms with Crippen LogP contribution in [-0.2, 0) is 13.1 Å². The third-order valence-electron chi connectivity index (χ3n) is 7.74. The van der Waals surface area contributed by atoms with Crippen LogP contribution in [0, 0.1) is 5.82 Å². The molecule has 4 aromatic rings. The summed E-state index contributed by atoms with van der Waals surface area (Å²) in [6, 6.07) is 8.24. The monoisotopic (exact) mass is 569 g/mol. The molecule has 4 heterocycles. The van der Waals surface area contributed by atoms with Gasteiger partial charge in [-0.2, -0.15) is 0 Å². The summed E-state index contributed by atoms with van der Waals surface area (Å²) >= 11 is 0. The van der Waals surface area contributed by atoms with Gasteiger partial charge in [0.25, 0.3) is 5.91 Å². The van der Waals surface area contributed by atoms with Crippen molar-refractivity contribution in [2.75, 3.05) is 5.32 Å². The number of hydrogen-bond acceptors (Lipinski definition) is 6. The summed E-state index contributed by atoms with van der Waals surface area (Å²) in [6.45, 7) is 6.28. The normalized spacial score (nSPS) is 16.4. The molecule has 0 atom stereocenters. The van der Waals surface area contributed by atoms with E-state index in [-0.39, 0.29) is 24.0 Å². The number of carbonyl (C=O) groups is 2. The summed E-state index contributed by atoms with van der Waals surface area (Å²) in [7, 11) is 0. The van der Waals surface area contributed by atoms with Gasteiger partial charge in [0.1, 0.15) is 23.7 Å². The van der Waals surface area contributed by atoms with Crippen LogP contribution in [0.3, 0.4) is 0 Å². The maximum absolute atomic E-state index is 15.6. The Kier molecular flexibility index (Phi) is 6.10. The predicted octanol–water partition coefficient (Wildman–Crippen LogP) is 4.95. The number of halogens is 1. The number of pyridine rings is 1. The number of rotatable bonds is 5. The van der Waals surface area contributed by atoms with Crippen LogP contribution in [0.5, 0.6) is 0 Å². The van der Waals surface area contributed by atoms with Crippen molar-refractivity contribution in [3.05, 3.63) is 71.3 Å². The lowest BCUT2D eigenvalue weighted by atomic mass is 10.1. The molecule has 0 spiro atoms. The number of amides is 3. The highest BCUT2D eigenvalue weighted by Crippen LogP contribution is 2.42. The molecule has 7 rings (SSSR count). The molecule has 0 unspecified atom stereocenters. The van der Waals surface area contributed by atoms with Crippen LogP contribution in [0.25, 0.3) is 17.2 Å². The molecule has 3 aromatic heterocycles. The number of carbonyl (C=O) groups excluding carboxylic acids is 2. The fourth-order valence-electron chi connectivity index (χ4n) is 5.42. The third-order valence-corrected chi connectivity index (χ3v) is 7.74. The highest BCUT2D eigenvalue weighted by atomic mass is 19.1. The second kappa shape index (κ2) is 9.74. The summed E-state index contributed by atoms with van der Waals surface area (Å²) in [6.07, 6.45) is 7.64. The van der Waals surface area contributed by atoms with Crippen molar-refractivity contribution in [2.24, 2.45) is 0 Å². The van der Waals surface area contributed by atoms with Gasteiger partial charge < -0.3 is 24.7 Å². The van der Waals surface area contributed by atoms with Gasteiger partial charge in [0.05, 0.1) is 35.5 Å². The van der Waals surface area contributed by atoms with Gasteiger partial charge in [-0.25, -0.2) is 19.2 Å². The first-order chi connectivity index (χ1) is 20.1. The highest BCUT2D eigenvalue weighted by molar-refractivity contribution is 6.04. The lowest BCUT2D eigenvalue weighted by molar-refractivity contribution is 0.102. The third kappa shape index (κ3) is 5.01. The Hall–Kier alpha value is -4.61. The van der Waals surface area contributed by atoms with Gasteiger partial charge in [-0.3, -0.25) is 4.79 Å². The van der Waals surface area contributed by atoms with E-state index in [1.54, 1.807) is 41.8 Å². The standard InChI is InChI=1S/C30H32FN9O2/c1-30(2,3)36-29(42)38-13-18-11-21(31)20(12-23(18)40-15-32-26(17-7-8-17)24(40)14-38)28(41)35-25-6-4-5-22(34-25)27-37-33-16-39(27)19-9-10-19/h4-6,11-12,15-17,19H,7-10,13-14H2,1-3H3,(H,36,42)(H,34,35,41). The van der Waals surface area contributed by atoms with E-state index in [4.69, 9.17) is 0 Å². The number of nitrogens with zero attached hydrogens (tertiary/aromatic N) is 7. The van der Waals surface area contributed by atoms with Gasteiger partial charge >= 0.3 is 6.03 Å². The van der Waals surface area contributed by atoms with Crippen LogP contribution >= 0.6 is 0 Å². The van der Waals surface area contributed by atoms with E-state index < -0.39 is 17.3 Å². The number of aromatic nitrogens is 6. The summed E-state index contributed by atoms with van der Waals surface area (Å²) in [5, 5.41) is 14.0. The Balaban J connectivity index is 1.21. The number of imidazole rings is 1. The fourth-order valence-corrected chi connectivity index (χ4v) is 5.42. The van der Waals surface area contributed by atoms with Crippen LogP contribution in [-0.4, -0.2) is 51.7 Å². The molecular formula is C30H32FN9O2. The van der Waals surface area contributed by atoms with E-state index in [1.807, 2.05) is 29.9 Å². The lowest BCUT2D eigenvalue weighted by Crippen LogP contribution is -2.47. The first-order valence-corrected chi connectivity index (χ1v) is 14.3. The Morgan fingerprint density at radius 3 is 2.60 bits per heavy atom. The molecule has 3 amide bonds. The lowest BCUT2D eigenvalue weighted by Gasteiger charge is -2.27. The van der Waals surface area contributed by atoms with E-state index >= 15 is 4.39 Å². The van der Waals surface area contributed by atoms with Gasteiger partial charge in [0.15, 0.2) is 5.82 Å². The molecule has 1 aromatic carbocycles. The van der Waals surface area contributed by atoms with Gasteiger partial charge in [0.2, 0.25) is 0 Å². The van der Waals surface area contributed by atoms with Gasteiger partial charge in [-0.1, -0.05) is 6.07 Å². The maximum atomic E-state index is 15.6. The van der Waals surface area contributed by atoms with Crippen LogP contribution < -0.4 is 10.6 Å². The Bertz CT molecular complexity index is 1710. The van der Waals surface area contributed by atoms with E-state index in [0.717, 1.165) is 37.1 Å². The summed E-state index contributed by atoms with van der Waals surface area (Å²) in [5.41, 5.74) is 3.07. The molecular weight excluding hydrogens is 537 g/mol. The molecule has 0 radical (unpaired) electrons. The molecule has 2 aliphatic carbocycles. The molecule has 1 aliphatic heterocycles. The van der Waals surface area contributed by atoms with Crippen LogP contribution in [0.1, 0.15) is 85.7 Å². The molecule has 12 heteroatoms. The Morgan fingerprint density at radius 1 is 1.05 bits per heavy atom. The first kappa shape index (κ1) is 26.3. The molecule has 42 heavy (non-hydrogen) atoms. The largest absolute Gasteiger partial charge is 0.333 e.